The van der Waals surface area contributed by atoms with Crippen LogP contribution in [0.3, 0.4) is 0 Å². The summed E-state index contributed by atoms with van der Waals surface area (Å²) in [4.78, 5) is 26.1. The Morgan fingerprint density at radius 1 is 1.07 bits per heavy atom. The van der Waals surface area contributed by atoms with E-state index in [2.05, 4.69) is 51.2 Å². The van der Waals surface area contributed by atoms with Crippen LogP contribution in [-0.2, 0) is 17.8 Å². The van der Waals surface area contributed by atoms with Crippen molar-refractivity contribution in [3.05, 3.63) is 52.3 Å². The van der Waals surface area contributed by atoms with Crippen LogP contribution in [0.4, 0.5) is 5.95 Å². The number of rotatable bonds is 4. The molecule has 0 saturated carbocycles. The monoisotopic (exact) mass is 407 g/mol. The highest BCUT2D eigenvalue weighted by molar-refractivity contribution is 5.79. The molecule has 4 rings (SSSR count). The molecule has 3 aromatic rings. The fourth-order valence-electron chi connectivity index (χ4n) is 4.15. The van der Waals surface area contributed by atoms with Crippen molar-refractivity contribution in [1.82, 2.24) is 29.4 Å². The zero-order valence-electron chi connectivity index (χ0n) is 17.9. The van der Waals surface area contributed by atoms with Crippen LogP contribution in [0.2, 0.25) is 0 Å². The molecule has 2 N–H and O–H groups in total. The first kappa shape index (κ1) is 20.3. The van der Waals surface area contributed by atoms with Crippen molar-refractivity contribution >= 4 is 17.6 Å². The highest BCUT2D eigenvalue weighted by Crippen LogP contribution is 2.17. The molecule has 8 nitrogen and oxygen atoms in total. The summed E-state index contributed by atoms with van der Waals surface area (Å²) in [6, 6.07) is 8.51. The fourth-order valence-corrected chi connectivity index (χ4v) is 4.15. The van der Waals surface area contributed by atoms with E-state index in [9.17, 15) is 4.79 Å². The molecule has 30 heavy (non-hydrogen) atoms. The maximum atomic E-state index is 13.1. The fraction of sp³-hybridized carbons (Fsp3) is 0.455. The van der Waals surface area contributed by atoms with Crippen LogP contribution in [0.25, 0.3) is 5.78 Å². The maximum Gasteiger partial charge on any atom is 0.254 e. The molecule has 0 aliphatic carbocycles. The van der Waals surface area contributed by atoms with Gasteiger partial charge in [0.2, 0.25) is 11.9 Å². The molecule has 8 heteroatoms. The molecule has 3 heterocycles. The van der Waals surface area contributed by atoms with Gasteiger partial charge in [0.1, 0.15) is 0 Å². The van der Waals surface area contributed by atoms with Crippen LogP contribution >= 0.6 is 0 Å². The number of fused-ring (bicyclic) bond motifs is 1. The third-order valence-corrected chi connectivity index (χ3v) is 5.99. The molecule has 1 aliphatic heterocycles. The van der Waals surface area contributed by atoms with Crippen molar-refractivity contribution in [3.8, 4) is 0 Å². The molecule has 0 atom stereocenters. The van der Waals surface area contributed by atoms with Crippen LogP contribution in [0.5, 0.6) is 0 Å². The van der Waals surface area contributed by atoms with Crippen LogP contribution < -0.4 is 5.73 Å². The lowest BCUT2D eigenvalue weighted by Gasteiger charge is -2.23. The molecule has 1 aromatic carbocycles. The van der Waals surface area contributed by atoms with E-state index in [0.717, 1.165) is 56.1 Å². The molecule has 1 aliphatic rings. The number of hydrogen-bond donors (Lipinski definition) is 1. The summed E-state index contributed by atoms with van der Waals surface area (Å²) in [5.74, 6) is 0.795. The molecule has 0 bridgehead atoms. The van der Waals surface area contributed by atoms with Gasteiger partial charge in [-0.2, -0.15) is 9.50 Å². The van der Waals surface area contributed by atoms with Crippen molar-refractivity contribution in [2.24, 2.45) is 0 Å². The summed E-state index contributed by atoms with van der Waals surface area (Å²) in [5.41, 5.74) is 11.0. The highest BCUT2D eigenvalue weighted by Gasteiger charge is 2.22. The lowest BCUT2D eigenvalue weighted by Crippen LogP contribution is -2.36. The average molecular weight is 408 g/mol. The Morgan fingerprint density at radius 3 is 2.67 bits per heavy atom. The number of carbonyl (C=O) groups excluding carboxylic acids is 1. The summed E-state index contributed by atoms with van der Waals surface area (Å²) in [7, 11) is 0. The first-order chi connectivity index (χ1) is 14.4. The Hall–Kier alpha value is -3.00. The zero-order chi connectivity index (χ0) is 21.3. The number of nitrogens with two attached hydrogens (primary N) is 1. The van der Waals surface area contributed by atoms with E-state index in [4.69, 9.17) is 5.73 Å². The second-order valence-corrected chi connectivity index (χ2v) is 8.06. The van der Waals surface area contributed by atoms with Crippen molar-refractivity contribution < 1.29 is 4.79 Å². The molecule has 0 radical (unpaired) electrons. The molecule has 1 amide bonds. The van der Waals surface area contributed by atoms with E-state index >= 15 is 0 Å². The minimum absolute atomic E-state index is 0.133. The number of nitrogens with zero attached hydrogens (tertiary/aromatic N) is 6. The van der Waals surface area contributed by atoms with E-state index in [-0.39, 0.29) is 11.9 Å². The predicted molar refractivity (Wildman–Crippen MR) is 116 cm³/mol. The third kappa shape index (κ3) is 4.14. The largest absolute Gasteiger partial charge is 0.366 e. The van der Waals surface area contributed by atoms with Crippen molar-refractivity contribution in [3.63, 3.8) is 0 Å². The molecule has 158 valence electrons. The predicted octanol–water partition coefficient (Wildman–Crippen LogP) is 1.91. The number of amides is 1. The van der Waals surface area contributed by atoms with Crippen LogP contribution in [0, 0.1) is 20.8 Å². The zero-order valence-corrected chi connectivity index (χ0v) is 17.9. The molecule has 1 fully saturated rings. The minimum atomic E-state index is 0.133. The number of carbonyl (C=O) groups is 1. The normalized spacial score (nSPS) is 15.5. The lowest BCUT2D eigenvalue weighted by atomic mass is 10.1. The number of hydrogen-bond acceptors (Lipinski definition) is 6. The van der Waals surface area contributed by atoms with Gasteiger partial charge in [-0.1, -0.05) is 24.3 Å². The Morgan fingerprint density at radius 2 is 1.87 bits per heavy atom. The minimum Gasteiger partial charge on any atom is -0.366 e. The molecule has 0 unspecified atom stereocenters. The smallest absolute Gasteiger partial charge is 0.254 e. The van der Waals surface area contributed by atoms with Gasteiger partial charge in [-0.15, -0.1) is 5.10 Å². The molecule has 0 spiro atoms. The van der Waals surface area contributed by atoms with E-state index in [1.165, 1.54) is 11.1 Å². The number of benzene rings is 1. The molecular formula is C22H29N7O. The van der Waals surface area contributed by atoms with E-state index in [0.29, 0.717) is 12.2 Å². The van der Waals surface area contributed by atoms with Crippen LogP contribution in [0.15, 0.2) is 24.3 Å². The number of aryl methyl sites for hydroxylation is 3. The summed E-state index contributed by atoms with van der Waals surface area (Å²) >= 11 is 0. The van der Waals surface area contributed by atoms with Gasteiger partial charge in [-0.25, -0.2) is 4.98 Å². The standard InChI is InChI=1S/C22H29N7O/c1-15-7-4-5-8-18(15)14-27-9-6-10-28(12-11-27)20(30)13-19-16(2)24-22-25-21(23)26-29(22)17(19)3/h4-5,7-8H,6,9-14H2,1-3H3,(H2,23,26). The molecule has 1 saturated heterocycles. The second kappa shape index (κ2) is 8.39. The van der Waals surface area contributed by atoms with E-state index < -0.39 is 0 Å². The lowest BCUT2D eigenvalue weighted by molar-refractivity contribution is -0.130. The third-order valence-electron chi connectivity index (χ3n) is 5.99. The van der Waals surface area contributed by atoms with Gasteiger partial charge >= 0.3 is 0 Å². The topological polar surface area (TPSA) is 92.6 Å². The van der Waals surface area contributed by atoms with Crippen molar-refractivity contribution in [1.29, 1.82) is 0 Å². The first-order valence-electron chi connectivity index (χ1n) is 10.5. The molecule has 2 aromatic heterocycles. The second-order valence-electron chi connectivity index (χ2n) is 8.06. The number of anilines is 1. The van der Waals surface area contributed by atoms with Crippen molar-refractivity contribution in [2.45, 2.75) is 40.2 Å². The Bertz CT molecular complexity index is 1070. The quantitative estimate of drug-likeness (QED) is 0.710. The summed E-state index contributed by atoms with van der Waals surface area (Å²) < 4.78 is 1.62. The number of nitrogen functional groups attached to an aromatic ring is 1. The van der Waals surface area contributed by atoms with Gasteiger partial charge in [-0.3, -0.25) is 9.69 Å². The van der Waals surface area contributed by atoms with Gasteiger partial charge in [0.15, 0.2) is 0 Å². The highest BCUT2D eigenvalue weighted by atomic mass is 16.2. The first-order valence-corrected chi connectivity index (χ1v) is 10.5. The maximum absolute atomic E-state index is 13.1. The van der Waals surface area contributed by atoms with Crippen molar-refractivity contribution in [2.75, 3.05) is 31.9 Å². The van der Waals surface area contributed by atoms with Gasteiger partial charge in [0.05, 0.1) is 6.42 Å². The SMILES string of the molecule is Cc1ccccc1CN1CCCN(C(=O)Cc2c(C)nc3nc(N)nn3c2C)CC1. The van der Waals surface area contributed by atoms with E-state index in [1.54, 1.807) is 4.52 Å². The van der Waals surface area contributed by atoms with Gasteiger partial charge in [-0.05, 0) is 38.3 Å². The van der Waals surface area contributed by atoms with E-state index in [1.807, 2.05) is 18.7 Å². The van der Waals surface area contributed by atoms with Crippen LogP contribution in [0.1, 0.15) is 34.5 Å². The van der Waals surface area contributed by atoms with Gasteiger partial charge < -0.3 is 10.6 Å². The Balaban J connectivity index is 1.43. The van der Waals surface area contributed by atoms with Gasteiger partial charge in [0.25, 0.3) is 5.78 Å². The summed E-state index contributed by atoms with van der Waals surface area (Å²) in [6.45, 7) is 10.3. The summed E-state index contributed by atoms with van der Waals surface area (Å²) in [6.07, 6.45) is 1.30. The number of aromatic nitrogens is 4. The van der Waals surface area contributed by atoms with Gasteiger partial charge in [0, 0.05) is 49.7 Å². The Labute approximate surface area is 176 Å². The van der Waals surface area contributed by atoms with Crippen LogP contribution in [-0.4, -0.2) is 61.5 Å². The average Bonchev–Trinajstić information content (AvgIpc) is 2.93. The summed E-state index contributed by atoms with van der Waals surface area (Å²) in [5, 5.41) is 4.20. The molecular weight excluding hydrogens is 378 g/mol. The Kier molecular flexibility index (Phi) is 5.67.